The van der Waals surface area contributed by atoms with Crippen molar-refractivity contribution < 1.29 is 9.32 Å². The molecule has 1 aliphatic carbocycles. The molecule has 2 aromatic rings. The normalized spacial score (nSPS) is 14.4. The first-order valence-electron chi connectivity index (χ1n) is 6.83. The van der Waals surface area contributed by atoms with Gasteiger partial charge in [-0.3, -0.25) is 10.1 Å². The average Bonchev–Trinajstić information content (AvgIpc) is 3.12. The molecule has 112 valence electrons. The summed E-state index contributed by atoms with van der Waals surface area (Å²) >= 11 is 1.43. The van der Waals surface area contributed by atoms with Crippen LogP contribution >= 0.6 is 11.8 Å². The van der Waals surface area contributed by atoms with E-state index in [4.69, 9.17) is 4.52 Å². The van der Waals surface area contributed by atoms with Crippen molar-refractivity contribution in [1.29, 1.82) is 0 Å². The summed E-state index contributed by atoms with van der Waals surface area (Å²) in [6.07, 6.45) is 2.38. The molecule has 0 bridgehead atoms. The molecular weight excluding hydrogens is 290 g/mol. The van der Waals surface area contributed by atoms with Crippen LogP contribution in [0.3, 0.4) is 0 Å². The van der Waals surface area contributed by atoms with Crippen LogP contribution < -0.4 is 5.32 Å². The number of imidazole rings is 1. The lowest BCUT2D eigenvalue weighted by Crippen LogP contribution is -2.15. The fraction of sp³-hybridized carbons (Fsp3) is 0.538. The molecule has 0 unspecified atom stereocenters. The van der Waals surface area contributed by atoms with E-state index in [-0.39, 0.29) is 17.7 Å². The van der Waals surface area contributed by atoms with Gasteiger partial charge in [0.25, 0.3) is 0 Å². The SMILES string of the molecule is Cc1noc(NC(=O)CSc2nc(C)c(C)n2C2CC2)n1. The molecule has 1 aliphatic rings. The van der Waals surface area contributed by atoms with Crippen molar-refractivity contribution in [1.82, 2.24) is 19.7 Å². The van der Waals surface area contributed by atoms with Crippen LogP contribution in [0.2, 0.25) is 0 Å². The van der Waals surface area contributed by atoms with Crippen LogP contribution in [-0.4, -0.2) is 31.4 Å². The number of aryl methyl sites for hydroxylation is 2. The minimum Gasteiger partial charge on any atom is -0.320 e. The number of nitrogens with zero attached hydrogens (tertiary/aromatic N) is 4. The van der Waals surface area contributed by atoms with E-state index in [1.807, 2.05) is 6.92 Å². The summed E-state index contributed by atoms with van der Waals surface area (Å²) in [4.78, 5) is 20.4. The van der Waals surface area contributed by atoms with Crippen molar-refractivity contribution in [3.63, 3.8) is 0 Å². The maximum Gasteiger partial charge on any atom is 0.328 e. The minimum atomic E-state index is -0.177. The Bertz CT molecular complexity index is 674. The topological polar surface area (TPSA) is 85.8 Å². The number of hydrogen-bond donors (Lipinski definition) is 1. The van der Waals surface area contributed by atoms with E-state index in [1.54, 1.807) is 6.92 Å². The highest BCUT2D eigenvalue weighted by Gasteiger charge is 2.28. The van der Waals surface area contributed by atoms with E-state index in [9.17, 15) is 4.79 Å². The van der Waals surface area contributed by atoms with E-state index in [0.717, 1.165) is 10.9 Å². The first-order chi connectivity index (χ1) is 10.0. The van der Waals surface area contributed by atoms with Crippen LogP contribution in [0.4, 0.5) is 6.01 Å². The number of amides is 1. The lowest BCUT2D eigenvalue weighted by atomic mass is 10.4. The second-order valence-corrected chi connectivity index (χ2v) is 6.09. The Balaban J connectivity index is 1.62. The third kappa shape index (κ3) is 3.10. The van der Waals surface area contributed by atoms with Crippen molar-refractivity contribution in [2.75, 3.05) is 11.1 Å². The molecule has 8 heteroatoms. The van der Waals surface area contributed by atoms with Gasteiger partial charge < -0.3 is 9.09 Å². The highest BCUT2D eigenvalue weighted by molar-refractivity contribution is 7.99. The monoisotopic (exact) mass is 307 g/mol. The lowest BCUT2D eigenvalue weighted by Gasteiger charge is -2.07. The molecule has 7 nitrogen and oxygen atoms in total. The molecule has 1 N–H and O–H groups in total. The van der Waals surface area contributed by atoms with Crippen LogP contribution in [0.15, 0.2) is 9.68 Å². The van der Waals surface area contributed by atoms with E-state index in [0.29, 0.717) is 11.9 Å². The van der Waals surface area contributed by atoms with Crippen molar-refractivity contribution in [3.05, 3.63) is 17.2 Å². The number of carbonyl (C=O) groups excluding carboxylic acids is 1. The highest BCUT2D eigenvalue weighted by Crippen LogP contribution is 2.39. The number of anilines is 1. The summed E-state index contributed by atoms with van der Waals surface area (Å²) in [6.45, 7) is 5.78. The molecule has 0 atom stereocenters. The molecular formula is C13H17N5O2S. The van der Waals surface area contributed by atoms with Gasteiger partial charge in [0.1, 0.15) is 0 Å². The van der Waals surface area contributed by atoms with Gasteiger partial charge in [-0.1, -0.05) is 16.9 Å². The molecule has 0 spiro atoms. The molecule has 0 saturated heterocycles. The second-order valence-electron chi connectivity index (χ2n) is 5.15. The molecule has 21 heavy (non-hydrogen) atoms. The molecule has 0 aliphatic heterocycles. The number of rotatable bonds is 5. The summed E-state index contributed by atoms with van der Waals surface area (Å²) in [6, 6.07) is 0.686. The van der Waals surface area contributed by atoms with Gasteiger partial charge in [0.05, 0.1) is 11.4 Å². The van der Waals surface area contributed by atoms with Crippen LogP contribution in [0.25, 0.3) is 0 Å². The summed E-state index contributed by atoms with van der Waals surface area (Å²) in [5, 5.41) is 7.11. The molecule has 0 radical (unpaired) electrons. The molecule has 0 aromatic carbocycles. The van der Waals surface area contributed by atoms with E-state index < -0.39 is 0 Å². The Hall–Kier alpha value is -1.83. The number of carbonyl (C=O) groups is 1. The van der Waals surface area contributed by atoms with Gasteiger partial charge in [-0.05, 0) is 33.6 Å². The van der Waals surface area contributed by atoms with Gasteiger partial charge in [0, 0.05) is 11.7 Å². The zero-order valence-corrected chi connectivity index (χ0v) is 13.0. The molecule has 2 heterocycles. The zero-order valence-electron chi connectivity index (χ0n) is 12.2. The van der Waals surface area contributed by atoms with Crippen LogP contribution in [0.5, 0.6) is 0 Å². The summed E-state index contributed by atoms with van der Waals surface area (Å²) in [5.74, 6) is 0.585. The fourth-order valence-corrected chi connectivity index (χ4v) is 3.05. The van der Waals surface area contributed by atoms with E-state index >= 15 is 0 Å². The van der Waals surface area contributed by atoms with Gasteiger partial charge in [-0.15, -0.1) is 0 Å². The number of thioether (sulfide) groups is 1. The first-order valence-corrected chi connectivity index (χ1v) is 7.81. The summed E-state index contributed by atoms with van der Waals surface area (Å²) < 4.78 is 7.10. The van der Waals surface area contributed by atoms with Gasteiger partial charge in [-0.2, -0.15) is 4.98 Å². The maximum atomic E-state index is 11.9. The van der Waals surface area contributed by atoms with Crippen molar-refractivity contribution in [2.24, 2.45) is 0 Å². The Morgan fingerprint density at radius 1 is 1.38 bits per heavy atom. The summed E-state index contributed by atoms with van der Waals surface area (Å²) in [5.41, 5.74) is 2.21. The quantitative estimate of drug-likeness (QED) is 0.853. The smallest absolute Gasteiger partial charge is 0.320 e. The molecule has 3 rings (SSSR count). The Kier molecular flexibility index (Phi) is 3.71. The first kappa shape index (κ1) is 14.1. The largest absolute Gasteiger partial charge is 0.328 e. The lowest BCUT2D eigenvalue weighted by molar-refractivity contribution is -0.114. The highest BCUT2D eigenvalue weighted by atomic mass is 32.2. The molecule has 1 amide bonds. The minimum absolute atomic E-state index is 0.135. The van der Waals surface area contributed by atoms with Crippen molar-refractivity contribution >= 4 is 23.7 Å². The molecule has 2 aromatic heterocycles. The van der Waals surface area contributed by atoms with Gasteiger partial charge in [0.2, 0.25) is 5.91 Å². The van der Waals surface area contributed by atoms with Crippen molar-refractivity contribution in [3.8, 4) is 0 Å². The van der Waals surface area contributed by atoms with E-state index in [2.05, 4.69) is 31.9 Å². The molecule has 1 saturated carbocycles. The van der Waals surface area contributed by atoms with Gasteiger partial charge in [-0.25, -0.2) is 4.98 Å². The molecule has 1 fully saturated rings. The Morgan fingerprint density at radius 2 is 2.14 bits per heavy atom. The average molecular weight is 307 g/mol. The van der Waals surface area contributed by atoms with E-state index in [1.165, 1.54) is 30.3 Å². The van der Waals surface area contributed by atoms with Crippen molar-refractivity contribution in [2.45, 2.75) is 44.8 Å². The number of nitrogens with one attached hydrogen (secondary N) is 1. The predicted molar refractivity (Wildman–Crippen MR) is 78.4 cm³/mol. The number of hydrogen-bond acceptors (Lipinski definition) is 6. The Morgan fingerprint density at radius 3 is 2.76 bits per heavy atom. The van der Waals surface area contributed by atoms with Crippen LogP contribution in [0.1, 0.15) is 36.1 Å². The van der Waals surface area contributed by atoms with Gasteiger partial charge in [0.15, 0.2) is 11.0 Å². The third-order valence-corrected chi connectivity index (χ3v) is 4.33. The Labute approximate surface area is 126 Å². The summed E-state index contributed by atoms with van der Waals surface area (Å²) in [7, 11) is 0. The van der Waals surface area contributed by atoms with Gasteiger partial charge >= 0.3 is 6.01 Å². The fourth-order valence-electron chi connectivity index (χ4n) is 2.09. The zero-order chi connectivity index (χ0) is 15.0. The van der Waals surface area contributed by atoms with Crippen LogP contribution in [-0.2, 0) is 4.79 Å². The van der Waals surface area contributed by atoms with Crippen LogP contribution in [0, 0.1) is 20.8 Å². The standard InChI is InChI=1S/C13H17N5O2S/c1-7-8(2)18(10-4-5-10)13(14-7)21-6-11(19)16-12-15-9(3)17-20-12/h10H,4-6H2,1-3H3,(H,15,16,17,19). The third-order valence-electron chi connectivity index (χ3n) is 3.37. The number of aromatic nitrogens is 4. The predicted octanol–water partition coefficient (Wildman–Crippen LogP) is 2.26. The maximum absolute atomic E-state index is 11.9. The second kappa shape index (κ2) is 5.51.